The number of benzene rings is 1. The Balaban J connectivity index is 2.49. The molecule has 1 aromatic carbocycles. The van der Waals surface area contributed by atoms with Crippen LogP contribution in [0.15, 0.2) is 27.8 Å². The zero-order valence-electron chi connectivity index (χ0n) is 11.4. The van der Waals surface area contributed by atoms with Crippen molar-refractivity contribution in [2.75, 3.05) is 5.75 Å². The van der Waals surface area contributed by atoms with E-state index in [2.05, 4.69) is 26.1 Å². The van der Waals surface area contributed by atoms with E-state index in [0.29, 0.717) is 16.0 Å². The number of rotatable bonds is 5. The second-order valence-corrected chi connectivity index (χ2v) is 6.84. The molecular weight excluding hydrogens is 378 g/mol. The van der Waals surface area contributed by atoms with Gasteiger partial charge in [-0.15, -0.1) is 10.2 Å². The van der Waals surface area contributed by atoms with Crippen molar-refractivity contribution in [3.8, 4) is 11.4 Å². The maximum absolute atomic E-state index is 10.7. The van der Waals surface area contributed by atoms with Crippen LogP contribution in [0.5, 0.6) is 0 Å². The van der Waals surface area contributed by atoms with E-state index in [9.17, 15) is 4.79 Å². The number of aliphatic carboxylic acids is 1. The Morgan fingerprint density at radius 2 is 2.19 bits per heavy atom. The Morgan fingerprint density at radius 3 is 2.81 bits per heavy atom. The fraction of sp³-hybridized carbons (Fsp3) is 0.308. The Bertz CT molecular complexity index is 675. The molecule has 0 unspecified atom stereocenters. The topological polar surface area (TPSA) is 68.0 Å². The van der Waals surface area contributed by atoms with Gasteiger partial charge in [0.1, 0.15) is 0 Å². The summed E-state index contributed by atoms with van der Waals surface area (Å²) >= 11 is 10.8. The molecule has 0 aliphatic carbocycles. The lowest BCUT2D eigenvalue weighted by Crippen LogP contribution is -2.07. The van der Waals surface area contributed by atoms with E-state index in [1.807, 2.05) is 30.5 Å². The van der Waals surface area contributed by atoms with Crippen molar-refractivity contribution in [2.45, 2.75) is 25.0 Å². The molecule has 1 N–H and O–H groups in total. The highest BCUT2D eigenvalue weighted by molar-refractivity contribution is 9.10. The molecule has 8 heteroatoms. The first-order valence-corrected chi connectivity index (χ1v) is 8.30. The molecule has 5 nitrogen and oxygen atoms in total. The third-order valence-electron chi connectivity index (χ3n) is 2.67. The predicted molar refractivity (Wildman–Crippen MR) is 86.9 cm³/mol. The van der Waals surface area contributed by atoms with Crippen LogP contribution in [0, 0.1) is 0 Å². The highest BCUT2D eigenvalue weighted by atomic mass is 79.9. The number of carbonyl (C=O) groups is 1. The van der Waals surface area contributed by atoms with Crippen molar-refractivity contribution in [2.24, 2.45) is 0 Å². The number of carboxylic acid groups (broad SMARTS) is 1. The van der Waals surface area contributed by atoms with Gasteiger partial charge >= 0.3 is 5.97 Å². The molecule has 0 saturated heterocycles. The normalized spacial score (nSPS) is 11.1. The van der Waals surface area contributed by atoms with Gasteiger partial charge < -0.3 is 5.11 Å². The van der Waals surface area contributed by atoms with Crippen LogP contribution in [0.25, 0.3) is 11.4 Å². The van der Waals surface area contributed by atoms with Crippen molar-refractivity contribution in [3.63, 3.8) is 0 Å². The second kappa shape index (κ2) is 6.81. The van der Waals surface area contributed by atoms with Crippen LogP contribution >= 0.6 is 39.3 Å². The molecule has 0 aliphatic heterocycles. The van der Waals surface area contributed by atoms with Gasteiger partial charge in [-0.3, -0.25) is 9.36 Å². The molecule has 0 spiro atoms. The molecule has 0 aliphatic rings. The summed E-state index contributed by atoms with van der Waals surface area (Å²) in [6.07, 6.45) is 0. The minimum atomic E-state index is -0.889. The smallest absolute Gasteiger partial charge is 0.313 e. The van der Waals surface area contributed by atoms with Gasteiger partial charge in [-0.05, 0) is 32.0 Å². The van der Waals surface area contributed by atoms with Crippen LogP contribution in [-0.4, -0.2) is 31.6 Å². The van der Waals surface area contributed by atoms with Crippen molar-refractivity contribution in [1.82, 2.24) is 14.8 Å². The van der Waals surface area contributed by atoms with E-state index in [1.54, 1.807) is 6.07 Å². The number of halogens is 2. The summed E-state index contributed by atoms with van der Waals surface area (Å²) < 4.78 is 2.78. The zero-order valence-corrected chi connectivity index (χ0v) is 14.5. The third-order valence-corrected chi connectivity index (χ3v) is 4.43. The van der Waals surface area contributed by atoms with Gasteiger partial charge in [-0.2, -0.15) is 0 Å². The van der Waals surface area contributed by atoms with Crippen molar-refractivity contribution in [1.29, 1.82) is 0 Å². The van der Waals surface area contributed by atoms with Gasteiger partial charge in [0.15, 0.2) is 11.0 Å². The van der Waals surface area contributed by atoms with Gasteiger partial charge in [0.25, 0.3) is 0 Å². The zero-order chi connectivity index (χ0) is 15.6. The average Bonchev–Trinajstić information content (AvgIpc) is 2.83. The first kappa shape index (κ1) is 16.3. The molecule has 2 aromatic rings. The maximum atomic E-state index is 10.7. The Hall–Kier alpha value is -1.05. The third kappa shape index (κ3) is 3.78. The molecule has 2 rings (SSSR count). The lowest BCUT2D eigenvalue weighted by atomic mass is 10.2. The highest BCUT2D eigenvalue weighted by Crippen LogP contribution is 2.33. The molecule has 1 aromatic heterocycles. The minimum Gasteiger partial charge on any atom is -0.481 e. The lowest BCUT2D eigenvalue weighted by molar-refractivity contribution is -0.133. The Morgan fingerprint density at radius 1 is 1.48 bits per heavy atom. The summed E-state index contributed by atoms with van der Waals surface area (Å²) in [5.74, 6) is -0.318. The maximum Gasteiger partial charge on any atom is 0.313 e. The van der Waals surface area contributed by atoms with E-state index in [4.69, 9.17) is 16.7 Å². The molecule has 0 radical (unpaired) electrons. The summed E-state index contributed by atoms with van der Waals surface area (Å²) in [5.41, 5.74) is 0.759. The SMILES string of the molecule is CC(C)n1c(SCC(=O)O)nnc1-c1cc(Br)ccc1Cl. The largest absolute Gasteiger partial charge is 0.481 e. The van der Waals surface area contributed by atoms with Crippen LogP contribution in [0.1, 0.15) is 19.9 Å². The standard InChI is InChI=1S/C13H13BrClN3O2S/c1-7(2)18-12(9-5-8(14)3-4-10(9)15)16-17-13(18)21-6-11(19)20/h3-5,7H,6H2,1-2H3,(H,19,20). The highest BCUT2D eigenvalue weighted by Gasteiger charge is 2.19. The second-order valence-electron chi connectivity index (χ2n) is 4.58. The number of nitrogens with zero attached hydrogens (tertiary/aromatic N) is 3. The molecule has 1 heterocycles. The molecular formula is C13H13BrClN3O2S. The van der Waals surface area contributed by atoms with Gasteiger partial charge in [-0.25, -0.2) is 0 Å². The van der Waals surface area contributed by atoms with E-state index in [1.165, 1.54) is 0 Å². The van der Waals surface area contributed by atoms with E-state index in [0.717, 1.165) is 21.8 Å². The fourth-order valence-corrected chi connectivity index (χ4v) is 3.17. The van der Waals surface area contributed by atoms with Crippen LogP contribution in [0.2, 0.25) is 5.02 Å². The predicted octanol–water partition coefficient (Wildman–Crippen LogP) is 4.12. The molecule has 112 valence electrons. The Labute approximate surface area is 139 Å². The van der Waals surface area contributed by atoms with Crippen LogP contribution in [-0.2, 0) is 4.79 Å². The first-order chi connectivity index (χ1) is 9.90. The number of thioether (sulfide) groups is 1. The molecule has 0 bridgehead atoms. The minimum absolute atomic E-state index is 0.0585. The number of carboxylic acids is 1. The van der Waals surface area contributed by atoms with Gasteiger partial charge in [-0.1, -0.05) is 39.3 Å². The number of aromatic nitrogens is 3. The fourth-order valence-electron chi connectivity index (χ4n) is 1.82. The van der Waals surface area contributed by atoms with Crippen LogP contribution in [0.3, 0.4) is 0 Å². The van der Waals surface area contributed by atoms with Gasteiger partial charge in [0, 0.05) is 16.1 Å². The average molecular weight is 391 g/mol. The summed E-state index contributed by atoms with van der Waals surface area (Å²) in [4.78, 5) is 10.7. The Kier molecular flexibility index (Phi) is 5.29. The molecule has 21 heavy (non-hydrogen) atoms. The molecule has 0 amide bonds. The number of hydrogen-bond acceptors (Lipinski definition) is 4. The summed E-state index contributed by atoms with van der Waals surface area (Å²) in [6, 6.07) is 5.59. The number of hydrogen-bond donors (Lipinski definition) is 1. The molecule has 0 fully saturated rings. The quantitative estimate of drug-likeness (QED) is 0.778. The van der Waals surface area contributed by atoms with E-state index in [-0.39, 0.29) is 11.8 Å². The monoisotopic (exact) mass is 389 g/mol. The summed E-state index contributed by atoms with van der Waals surface area (Å²) in [6.45, 7) is 3.98. The molecule has 0 atom stereocenters. The van der Waals surface area contributed by atoms with Crippen LogP contribution < -0.4 is 0 Å². The van der Waals surface area contributed by atoms with E-state index >= 15 is 0 Å². The lowest BCUT2D eigenvalue weighted by Gasteiger charge is -2.14. The van der Waals surface area contributed by atoms with Crippen molar-refractivity contribution in [3.05, 3.63) is 27.7 Å². The van der Waals surface area contributed by atoms with Crippen molar-refractivity contribution >= 4 is 45.3 Å². The van der Waals surface area contributed by atoms with Crippen molar-refractivity contribution < 1.29 is 9.90 Å². The van der Waals surface area contributed by atoms with E-state index < -0.39 is 5.97 Å². The summed E-state index contributed by atoms with van der Waals surface area (Å²) in [5, 5.41) is 18.2. The van der Waals surface area contributed by atoms with Crippen LogP contribution in [0.4, 0.5) is 0 Å². The summed E-state index contributed by atoms with van der Waals surface area (Å²) in [7, 11) is 0. The van der Waals surface area contributed by atoms with Gasteiger partial charge in [0.05, 0.1) is 10.8 Å². The molecule has 0 saturated carbocycles. The van der Waals surface area contributed by atoms with Gasteiger partial charge in [0.2, 0.25) is 0 Å². The first-order valence-electron chi connectivity index (χ1n) is 6.15.